The van der Waals surface area contributed by atoms with Gasteiger partial charge in [0.15, 0.2) is 5.69 Å². The van der Waals surface area contributed by atoms with E-state index in [1.165, 1.54) is 4.88 Å². The van der Waals surface area contributed by atoms with Crippen molar-refractivity contribution in [3.8, 4) is 0 Å². The van der Waals surface area contributed by atoms with Gasteiger partial charge in [0.1, 0.15) is 5.69 Å². The molecule has 130 valence electrons. The number of aromatic amines is 1. The van der Waals surface area contributed by atoms with E-state index in [4.69, 9.17) is 0 Å². The fraction of sp³-hybridized carbons (Fsp3) is 0.467. The predicted octanol–water partition coefficient (Wildman–Crippen LogP) is 2.88. The molecule has 0 spiro atoms. The van der Waals surface area contributed by atoms with Gasteiger partial charge < -0.3 is 5.32 Å². The summed E-state index contributed by atoms with van der Waals surface area (Å²) in [6.07, 6.45) is -2.99. The number of piperidine rings is 1. The second kappa shape index (κ2) is 6.94. The van der Waals surface area contributed by atoms with Gasteiger partial charge in [-0.05, 0) is 24.3 Å². The lowest BCUT2D eigenvalue weighted by atomic mass is 10.0. The van der Waals surface area contributed by atoms with Crippen LogP contribution in [-0.2, 0) is 12.7 Å². The minimum Gasteiger partial charge on any atom is -0.348 e. The molecule has 1 fully saturated rings. The average molecular weight is 358 g/mol. The second-order valence-corrected chi connectivity index (χ2v) is 6.80. The zero-order chi connectivity index (χ0) is 17.2. The molecular formula is C15H17F3N4OS. The number of H-pyrrole nitrogens is 1. The maximum Gasteiger partial charge on any atom is 0.432 e. The number of aromatic nitrogens is 2. The van der Waals surface area contributed by atoms with Crippen molar-refractivity contribution in [3.63, 3.8) is 0 Å². The number of alkyl halides is 3. The molecule has 1 saturated heterocycles. The van der Waals surface area contributed by atoms with Crippen LogP contribution >= 0.6 is 11.3 Å². The van der Waals surface area contributed by atoms with E-state index in [-0.39, 0.29) is 11.7 Å². The third kappa shape index (κ3) is 4.15. The molecule has 1 aliphatic heterocycles. The summed E-state index contributed by atoms with van der Waals surface area (Å²) in [6, 6.07) is 4.81. The summed E-state index contributed by atoms with van der Waals surface area (Å²) >= 11 is 1.71. The van der Waals surface area contributed by atoms with E-state index in [9.17, 15) is 18.0 Å². The first-order chi connectivity index (χ1) is 11.4. The smallest absolute Gasteiger partial charge is 0.348 e. The van der Waals surface area contributed by atoms with Crippen LogP contribution in [0.1, 0.15) is 33.9 Å². The highest BCUT2D eigenvalue weighted by atomic mass is 32.1. The number of nitrogens with one attached hydrogen (secondary N) is 2. The molecule has 0 aliphatic carbocycles. The van der Waals surface area contributed by atoms with Gasteiger partial charge in [0, 0.05) is 36.6 Å². The van der Waals surface area contributed by atoms with Crippen LogP contribution in [0.5, 0.6) is 0 Å². The van der Waals surface area contributed by atoms with Crippen LogP contribution in [0.25, 0.3) is 0 Å². The van der Waals surface area contributed by atoms with Crippen LogP contribution in [0.4, 0.5) is 13.2 Å². The highest BCUT2D eigenvalue weighted by Gasteiger charge is 2.34. The van der Waals surface area contributed by atoms with Crippen LogP contribution in [0.15, 0.2) is 23.6 Å². The number of hydrogen-bond acceptors (Lipinski definition) is 4. The third-order valence-corrected chi connectivity index (χ3v) is 4.86. The lowest BCUT2D eigenvalue weighted by Gasteiger charge is -2.31. The molecule has 2 aromatic heterocycles. The SMILES string of the molecule is O=C(NC1CCN(Cc2cccs2)CC1)c1cc(C(F)(F)F)[nH]n1. The molecule has 0 bridgehead atoms. The first kappa shape index (κ1) is 17.0. The molecule has 3 rings (SSSR count). The quantitative estimate of drug-likeness (QED) is 0.884. The Morgan fingerprint density at radius 2 is 2.17 bits per heavy atom. The lowest BCUT2D eigenvalue weighted by molar-refractivity contribution is -0.141. The number of halogens is 3. The topological polar surface area (TPSA) is 61.0 Å². The number of likely N-dealkylation sites (tertiary alicyclic amines) is 1. The van der Waals surface area contributed by atoms with Crippen molar-refractivity contribution in [2.75, 3.05) is 13.1 Å². The number of amides is 1. The lowest BCUT2D eigenvalue weighted by Crippen LogP contribution is -2.44. The maximum absolute atomic E-state index is 12.5. The van der Waals surface area contributed by atoms with E-state index < -0.39 is 17.8 Å². The Morgan fingerprint density at radius 1 is 1.42 bits per heavy atom. The zero-order valence-corrected chi connectivity index (χ0v) is 13.6. The van der Waals surface area contributed by atoms with Crippen molar-refractivity contribution in [2.45, 2.75) is 31.6 Å². The van der Waals surface area contributed by atoms with Crippen LogP contribution in [0, 0.1) is 0 Å². The Kier molecular flexibility index (Phi) is 4.91. The summed E-state index contributed by atoms with van der Waals surface area (Å²) in [5, 5.41) is 10.1. The normalized spacial score (nSPS) is 17.1. The van der Waals surface area contributed by atoms with Crippen LogP contribution < -0.4 is 5.32 Å². The van der Waals surface area contributed by atoms with Gasteiger partial charge in [0.05, 0.1) is 0 Å². The highest BCUT2D eigenvalue weighted by Crippen LogP contribution is 2.27. The summed E-state index contributed by atoms with van der Waals surface area (Å²) in [5.74, 6) is -0.571. The van der Waals surface area contributed by atoms with Crippen LogP contribution in [-0.4, -0.2) is 40.1 Å². The number of nitrogens with zero attached hydrogens (tertiary/aromatic N) is 2. The summed E-state index contributed by atoms with van der Waals surface area (Å²) in [6.45, 7) is 2.58. The van der Waals surface area contributed by atoms with E-state index in [2.05, 4.69) is 21.4 Å². The molecule has 9 heteroatoms. The molecule has 1 aliphatic rings. The Hall–Kier alpha value is -1.87. The minimum atomic E-state index is -4.53. The number of carbonyl (C=O) groups is 1. The number of hydrogen-bond donors (Lipinski definition) is 2. The molecule has 0 saturated carbocycles. The summed E-state index contributed by atoms with van der Waals surface area (Å²) in [5.41, 5.74) is -1.25. The third-order valence-electron chi connectivity index (χ3n) is 4.00. The van der Waals surface area contributed by atoms with Crippen LogP contribution in [0.3, 0.4) is 0 Å². The molecule has 0 unspecified atom stereocenters. The van der Waals surface area contributed by atoms with Gasteiger partial charge >= 0.3 is 6.18 Å². The largest absolute Gasteiger partial charge is 0.432 e. The van der Waals surface area contributed by atoms with Crippen molar-refractivity contribution < 1.29 is 18.0 Å². The van der Waals surface area contributed by atoms with Gasteiger partial charge in [-0.15, -0.1) is 11.3 Å². The van der Waals surface area contributed by atoms with Crippen molar-refractivity contribution >= 4 is 17.2 Å². The Morgan fingerprint density at radius 3 is 2.75 bits per heavy atom. The van der Waals surface area contributed by atoms with E-state index >= 15 is 0 Å². The zero-order valence-electron chi connectivity index (χ0n) is 12.8. The standard InChI is InChI=1S/C15H17F3N4OS/c16-15(17,18)13-8-12(20-21-13)14(23)19-10-3-5-22(6-4-10)9-11-2-1-7-24-11/h1-2,7-8,10H,3-6,9H2,(H,19,23)(H,20,21). The molecule has 24 heavy (non-hydrogen) atoms. The van der Waals surface area contributed by atoms with Gasteiger partial charge in [0.2, 0.25) is 0 Å². The first-order valence-corrected chi connectivity index (χ1v) is 8.48. The number of thiophene rings is 1. The van der Waals surface area contributed by atoms with Gasteiger partial charge in [0.25, 0.3) is 5.91 Å². The monoisotopic (exact) mass is 358 g/mol. The fourth-order valence-corrected chi connectivity index (χ4v) is 3.45. The maximum atomic E-state index is 12.5. The molecular weight excluding hydrogens is 341 g/mol. The molecule has 2 aromatic rings. The minimum absolute atomic E-state index is 0.0388. The van der Waals surface area contributed by atoms with Gasteiger partial charge in [-0.1, -0.05) is 6.07 Å². The van der Waals surface area contributed by atoms with E-state index in [0.29, 0.717) is 0 Å². The van der Waals surface area contributed by atoms with Crippen LogP contribution in [0.2, 0.25) is 0 Å². The molecule has 0 aromatic carbocycles. The van der Waals surface area contributed by atoms with E-state index in [1.54, 1.807) is 11.3 Å². The summed E-state index contributed by atoms with van der Waals surface area (Å²) in [4.78, 5) is 15.6. The van der Waals surface area contributed by atoms with Gasteiger partial charge in [-0.25, -0.2) is 0 Å². The van der Waals surface area contributed by atoms with Crippen molar-refractivity contribution in [1.82, 2.24) is 20.4 Å². The predicted molar refractivity (Wildman–Crippen MR) is 83.7 cm³/mol. The Balaban J connectivity index is 1.49. The van der Waals surface area contributed by atoms with Crippen molar-refractivity contribution in [2.24, 2.45) is 0 Å². The van der Waals surface area contributed by atoms with Gasteiger partial charge in [-0.2, -0.15) is 18.3 Å². The molecule has 2 N–H and O–H groups in total. The molecule has 0 atom stereocenters. The van der Waals surface area contributed by atoms with Crippen molar-refractivity contribution in [1.29, 1.82) is 0 Å². The van der Waals surface area contributed by atoms with E-state index in [0.717, 1.165) is 38.5 Å². The molecule has 0 radical (unpaired) electrons. The Labute approximate surface area is 140 Å². The second-order valence-electron chi connectivity index (χ2n) is 5.77. The molecule has 1 amide bonds. The van der Waals surface area contributed by atoms with E-state index in [1.807, 2.05) is 16.5 Å². The summed E-state index contributed by atoms with van der Waals surface area (Å²) in [7, 11) is 0. The molecule has 3 heterocycles. The Bertz CT molecular complexity index is 675. The first-order valence-electron chi connectivity index (χ1n) is 7.60. The number of carbonyl (C=O) groups excluding carboxylic acids is 1. The highest BCUT2D eigenvalue weighted by molar-refractivity contribution is 7.09. The number of rotatable bonds is 4. The van der Waals surface area contributed by atoms with Gasteiger partial charge in [-0.3, -0.25) is 14.8 Å². The average Bonchev–Trinajstić information content (AvgIpc) is 3.19. The summed E-state index contributed by atoms with van der Waals surface area (Å²) < 4.78 is 37.5. The molecule has 5 nitrogen and oxygen atoms in total. The van der Waals surface area contributed by atoms with Crippen molar-refractivity contribution in [3.05, 3.63) is 39.8 Å². The fourth-order valence-electron chi connectivity index (χ4n) is 2.70.